The molecule has 17 heavy (non-hydrogen) atoms. The van der Waals surface area contributed by atoms with E-state index in [2.05, 4.69) is 23.2 Å². The molecule has 1 aromatic rings. The zero-order chi connectivity index (χ0) is 11.1. The maximum Gasteiger partial charge on any atom is 0.247 e. The van der Waals surface area contributed by atoms with Crippen LogP contribution >= 0.6 is 0 Å². The smallest absolute Gasteiger partial charge is 0.247 e. The van der Waals surface area contributed by atoms with Crippen molar-refractivity contribution in [3.63, 3.8) is 0 Å². The molecule has 2 aliphatic rings. The molecule has 2 heterocycles. The molecule has 0 spiro atoms. The van der Waals surface area contributed by atoms with Gasteiger partial charge in [0.15, 0.2) is 0 Å². The Morgan fingerprint density at radius 1 is 1.35 bits per heavy atom. The van der Waals surface area contributed by atoms with E-state index in [9.17, 15) is 4.79 Å². The molecule has 92 valence electrons. The van der Waals surface area contributed by atoms with Crippen molar-refractivity contribution >= 4 is 17.3 Å². The predicted molar refractivity (Wildman–Crippen MR) is 71.5 cm³/mol. The first kappa shape index (κ1) is 12.0. The van der Waals surface area contributed by atoms with Crippen LogP contribution in [0.2, 0.25) is 0 Å². The largest absolute Gasteiger partial charge is 0.358 e. The molecule has 0 saturated carbocycles. The van der Waals surface area contributed by atoms with Gasteiger partial charge in [0.1, 0.15) is 6.04 Å². The highest BCUT2D eigenvalue weighted by molar-refractivity contribution is 6.03. The fourth-order valence-corrected chi connectivity index (χ4v) is 2.69. The minimum atomic E-state index is 0. The third kappa shape index (κ3) is 1.90. The minimum absolute atomic E-state index is 0. The molecule has 1 amide bonds. The first-order valence-electron chi connectivity index (χ1n) is 5.94. The summed E-state index contributed by atoms with van der Waals surface area (Å²) in [5.41, 5.74) is 3.41. The van der Waals surface area contributed by atoms with Crippen LogP contribution < -0.4 is 10.2 Å². The number of benzene rings is 1. The van der Waals surface area contributed by atoms with Gasteiger partial charge in [0.25, 0.3) is 0 Å². The van der Waals surface area contributed by atoms with E-state index in [0.717, 1.165) is 25.1 Å². The number of rotatable bonds is 0. The number of nitrogens with one attached hydrogen (secondary N) is 1. The molecule has 1 aromatic carbocycles. The van der Waals surface area contributed by atoms with Crippen molar-refractivity contribution in [3.05, 3.63) is 23.8 Å². The van der Waals surface area contributed by atoms with Crippen LogP contribution in [0.25, 0.3) is 0 Å². The van der Waals surface area contributed by atoms with Gasteiger partial charge in [-0.3, -0.25) is 4.79 Å². The first-order valence-corrected chi connectivity index (χ1v) is 5.94. The van der Waals surface area contributed by atoms with Crippen molar-refractivity contribution in [1.82, 2.24) is 0 Å². The molecule has 2 aliphatic heterocycles. The van der Waals surface area contributed by atoms with Crippen molar-refractivity contribution in [2.45, 2.75) is 39.7 Å². The Labute approximate surface area is 103 Å². The van der Waals surface area contributed by atoms with Gasteiger partial charge in [0.2, 0.25) is 5.91 Å². The van der Waals surface area contributed by atoms with Crippen molar-refractivity contribution in [2.24, 2.45) is 0 Å². The lowest BCUT2D eigenvalue weighted by Gasteiger charge is -2.41. The summed E-state index contributed by atoms with van der Waals surface area (Å²) in [5, 5.41) is 3.01. The van der Waals surface area contributed by atoms with E-state index >= 15 is 0 Å². The van der Waals surface area contributed by atoms with Crippen molar-refractivity contribution in [1.29, 1.82) is 0 Å². The third-order valence-electron chi connectivity index (χ3n) is 3.53. The lowest BCUT2D eigenvalue weighted by Crippen LogP contribution is -2.50. The fourth-order valence-electron chi connectivity index (χ4n) is 2.69. The molecule has 0 radical (unpaired) electrons. The van der Waals surface area contributed by atoms with Gasteiger partial charge >= 0.3 is 0 Å². The zero-order valence-electron chi connectivity index (χ0n) is 9.49. The number of hydrogen-bond acceptors (Lipinski definition) is 2. The standard InChI is InChI=1S/C13H16N2O.CH4/c1-9-5-6-10-12(8-9)15-7-3-2-4-11(15)13(16)14-10;/h5-6,8,11H,2-4,7H2,1H3,(H,14,16);1H4. The van der Waals surface area contributed by atoms with E-state index in [1.165, 1.54) is 17.7 Å². The number of fused-ring (bicyclic) bond motifs is 3. The van der Waals surface area contributed by atoms with E-state index in [-0.39, 0.29) is 19.4 Å². The number of hydrogen-bond donors (Lipinski definition) is 1. The van der Waals surface area contributed by atoms with E-state index in [0.29, 0.717) is 0 Å². The molecule has 1 fully saturated rings. The van der Waals surface area contributed by atoms with Crippen LogP contribution in [0.3, 0.4) is 0 Å². The van der Waals surface area contributed by atoms with Gasteiger partial charge in [-0.25, -0.2) is 0 Å². The van der Waals surface area contributed by atoms with Crippen molar-refractivity contribution in [2.75, 3.05) is 16.8 Å². The van der Waals surface area contributed by atoms with Gasteiger partial charge in [-0.2, -0.15) is 0 Å². The fraction of sp³-hybridized carbons (Fsp3) is 0.500. The number of nitrogens with zero attached hydrogens (tertiary/aromatic N) is 1. The van der Waals surface area contributed by atoms with Crippen LogP contribution in [0, 0.1) is 6.92 Å². The van der Waals surface area contributed by atoms with Crippen LogP contribution in [0.1, 0.15) is 32.3 Å². The Bertz CT molecular complexity index is 442. The van der Waals surface area contributed by atoms with Gasteiger partial charge in [-0.05, 0) is 43.9 Å². The molecule has 1 saturated heterocycles. The number of amides is 1. The normalized spacial score (nSPS) is 22.1. The number of carbonyl (C=O) groups excluding carboxylic acids is 1. The number of anilines is 2. The van der Waals surface area contributed by atoms with Crippen LogP contribution in [-0.2, 0) is 4.79 Å². The van der Waals surface area contributed by atoms with Gasteiger partial charge < -0.3 is 10.2 Å². The van der Waals surface area contributed by atoms with Gasteiger partial charge in [-0.15, -0.1) is 0 Å². The Balaban J connectivity index is 0.00000108. The molecule has 0 aliphatic carbocycles. The highest BCUT2D eigenvalue weighted by atomic mass is 16.2. The molecule has 0 bridgehead atoms. The summed E-state index contributed by atoms with van der Waals surface area (Å²) in [6, 6.07) is 6.28. The molecule has 1 unspecified atom stereocenters. The minimum Gasteiger partial charge on any atom is -0.358 e. The maximum atomic E-state index is 11.9. The number of carbonyl (C=O) groups is 1. The molecule has 3 rings (SSSR count). The zero-order valence-corrected chi connectivity index (χ0v) is 9.49. The summed E-state index contributed by atoms with van der Waals surface area (Å²) in [6.07, 6.45) is 3.34. The lowest BCUT2D eigenvalue weighted by molar-refractivity contribution is -0.118. The van der Waals surface area contributed by atoms with Crippen LogP contribution in [-0.4, -0.2) is 18.5 Å². The van der Waals surface area contributed by atoms with Crippen LogP contribution in [0.4, 0.5) is 11.4 Å². The quantitative estimate of drug-likeness (QED) is 0.746. The Morgan fingerprint density at radius 3 is 3.00 bits per heavy atom. The highest BCUT2D eigenvalue weighted by Crippen LogP contribution is 2.36. The van der Waals surface area contributed by atoms with E-state index < -0.39 is 0 Å². The second-order valence-corrected chi connectivity index (χ2v) is 4.71. The molecule has 1 atom stereocenters. The predicted octanol–water partition coefficient (Wildman–Crippen LogP) is 2.94. The molecule has 0 aromatic heterocycles. The summed E-state index contributed by atoms with van der Waals surface area (Å²) in [5.74, 6) is 0.163. The highest BCUT2D eigenvalue weighted by Gasteiger charge is 2.34. The van der Waals surface area contributed by atoms with Gasteiger partial charge in [0, 0.05) is 6.54 Å². The van der Waals surface area contributed by atoms with E-state index in [1.54, 1.807) is 0 Å². The summed E-state index contributed by atoms with van der Waals surface area (Å²) >= 11 is 0. The molecule has 3 heteroatoms. The SMILES string of the molecule is C.Cc1ccc2c(c1)N1CCCCC1C(=O)N2. The summed E-state index contributed by atoms with van der Waals surface area (Å²) < 4.78 is 0. The monoisotopic (exact) mass is 232 g/mol. The average molecular weight is 232 g/mol. The van der Waals surface area contributed by atoms with Gasteiger partial charge in [-0.1, -0.05) is 13.5 Å². The van der Waals surface area contributed by atoms with Crippen LogP contribution in [0.15, 0.2) is 18.2 Å². The van der Waals surface area contributed by atoms with Crippen molar-refractivity contribution < 1.29 is 4.79 Å². The maximum absolute atomic E-state index is 11.9. The Hall–Kier alpha value is -1.51. The molecular weight excluding hydrogens is 212 g/mol. The summed E-state index contributed by atoms with van der Waals surface area (Å²) in [7, 11) is 0. The van der Waals surface area contributed by atoms with E-state index in [4.69, 9.17) is 0 Å². The number of piperidine rings is 1. The third-order valence-corrected chi connectivity index (χ3v) is 3.53. The molecule has 1 N–H and O–H groups in total. The average Bonchev–Trinajstić information content (AvgIpc) is 2.31. The Morgan fingerprint density at radius 2 is 2.18 bits per heavy atom. The lowest BCUT2D eigenvalue weighted by atomic mass is 9.97. The summed E-state index contributed by atoms with van der Waals surface area (Å²) in [6.45, 7) is 3.10. The van der Waals surface area contributed by atoms with Gasteiger partial charge in [0.05, 0.1) is 11.4 Å². The Kier molecular flexibility index (Phi) is 3.09. The second-order valence-electron chi connectivity index (χ2n) is 4.71. The van der Waals surface area contributed by atoms with Crippen LogP contribution in [0.5, 0.6) is 0 Å². The van der Waals surface area contributed by atoms with Crippen molar-refractivity contribution in [3.8, 4) is 0 Å². The molecular formula is C14H20N2O. The first-order chi connectivity index (χ1) is 7.75. The topological polar surface area (TPSA) is 32.3 Å². The summed E-state index contributed by atoms with van der Waals surface area (Å²) in [4.78, 5) is 14.2. The molecule has 3 nitrogen and oxygen atoms in total. The number of aryl methyl sites for hydroxylation is 1. The van der Waals surface area contributed by atoms with E-state index in [1.807, 2.05) is 12.1 Å². The second kappa shape index (κ2) is 4.40.